The van der Waals surface area contributed by atoms with Crippen LogP contribution >= 0.6 is 11.8 Å². The molecule has 0 spiro atoms. The molecule has 2 heterocycles. The SMILES string of the molecule is CCS(=O)(=O)C1CSCCN1CCn1cc(CN)nn1. The summed E-state index contributed by atoms with van der Waals surface area (Å²) in [4.78, 5) is 2.04. The molecule has 2 rings (SSSR count). The third-order valence-electron chi connectivity index (χ3n) is 3.42. The molecule has 1 aliphatic heterocycles. The van der Waals surface area contributed by atoms with Crippen LogP contribution in [0.5, 0.6) is 0 Å². The van der Waals surface area contributed by atoms with Gasteiger partial charge in [-0.3, -0.25) is 9.58 Å². The van der Waals surface area contributed by atoms with E-state index in [2.05, 4.69) is 10.3 Å². The minimum absolute atomic E-state index is 0.190. The molecule has 0 aromatic carbocycles. The lowest BCUT2D eigenvalue weighted by Gasteiger charge is -2.34. The summed E-state index contributed by atoms with van der Waals surface area (Å²) in [5.41, 5.74) is 6.24. The average molecular weight is 319 g/mol. The fraction of sp³-hybridized carbons (Fsp3) is 0.818. The number of aromatic nitrogens is 3. The van der Waals surface area contributed by atoms with Gasteiger partial charge in [-0.1, -0.05) is 12.1 Å². The first-order chi connectivity index (χ1) is 9.56. The molecule has 0 aliphatic carbocycles. The van der Waals surface area contributed by atoms with E-state index in [0.29, 0.717) is 25.4 Å². The van der Waals surface area contributed by atoms with Crippen molar-refractivity contribution in [1.29, 1.82) is 0 Å². The van der Waals surface area contributed by atoms with E-state index >= 15 is 0 Å². The summed E-state index contributed by atoms with van der Waals surface area (Å²) in [5, 5.41) is 7.54. The molecular weight excluding hydrogens is 298 g/mol. The number of thioether (sulfide) groups is 1. The van der Waals surface area contributed by atoms with Gasteiger partial charge in [-0.25, -0.2) is 8.42 Å². The monoisotopic (exact) mass is 319 g/mol. The summed E-state index contributed by atoms with van der Waals surface area (Å²) in [7, 11) is -3.03. The quantitative estimate of drug-likeness (QED) is 0.758. The minimum Gasteiger partial charge on any atom is -0.325 e. The van der Waals surface area contributed by atoms with Gasteiger partial charge >= 0.3 is 0 Å². The van der Waals surface area contributed by atoms with Gasteiger partial charge in [0.15, 0.2) is 9.84 Å². The Morgan fingerprint density at radius 1 is 1.50 bits per heavy atom. The lowest BCUT2D eigenvalue weighted by molar-refractivity contribution is 0.254. The molecule has 1 aliphatic rings. The molecule has 1 unspecified atom stereocenters. The van der Waals surface area contributed by atoms with Crippen LogP contribution in [0.3, 0.4) is 0 Å². The second kappa shape index (κ2) is 6.88. The molecule has 0 radical (unpaired) electrons. The van der Waals surface area contributed by atoms with Crippen LogP contribution in [-0.4, -0.2) is 64.0 Å². The Labute approximate surface area is 123 Å². The van der Waals surface area contributed by atoms with Crippen LogP contribution in [0.2, 0.25) is 0 Å². The van der Waals surface area contributed by atoms with Crippen molar-refractivity contribution in [1.82, 2.24) is 19.9 Å². The fourth-order valence-corrected chi connectivity index (χ4v) is 5.28. The third kappa shape index (κ3) is 3.72. The van der Waals surface area contributed by atoms with Gasteiger partial charge in [0.2, 0.25) is 0 Å². The predicted molar refractivity (Wildman–Crippen MR) is 80.1 cm³/mol. The number of hydrogen-bond acceptors (Lipinski definition) is 7. The molecule has 0 saturated carbocycles. The van der Waals surface area contributed by atoms with Crippen molar-refractivity contribution in [2.24, 2.45) is 5.73 Å². The molecule has 1 saturated heterocycles. The van der Waals surface area contributed by atoms with Crippen molar-refractivity contribution < 1.29 is 8.42 Å². The highest BCUT2D eigenvalue weighted by Gasteiger charge is 2.32. The Hall–Kier alpha value is -0.640. The van der Waals surface area contributed by atoms with E-state index in [4.69, 9.17) is 5.73 Å². The topological polar surface area (TPSA) is 94.1 Å². The van der Waals surface area contributed by atoms with E-state index in [1.54, 1.807) is 23.4 Å². The molecule has 20 heavy (non-hydrogen) atoms. The summed E-state index contributed by atoms with van der Waals surface area (Å²) in [5.74, 6) is 1.82. The standard InChI is InChI=1S/C11H21N5O2S2/c1-2-20(17,18)11-9-19-6-5-15(11)3-4-16-8-10(7-12)13-14-16/h8,11H,2-7,9,12H2,1H3. The highest BCUT2D eigenvalue weighted by atomic mass is 32.2. The zero-order valence-electron chi connectivity index (χ0n) is 11.6. The van der Waals surface area contributed by atoms with Crippen molar-refractivity contribution >= 4 is 21.6 Å². The molecule has 1 fully saturated rings. The molecule has 1 aromatic rings. The van der Waals surface area contributed by atoms with Gasteiger partial charge in [0, 0.05) is 43.1 Å². The summed E-state index contributed by atoms with van der Waals surface area (Å²) in [6.07, 6.45) is 1.81. The van der Waals surface area contributed by atoms with Crippen molar-refractivity contribution in [3.63, 3.8) is 0 Å². The fourth-order valence-electron chi connectivity index (χ4n) is 2.17. The molecular formula is C11H21N5O2S2. The van der Waals surface area contributed by atoms with E-state index in [-0.39, 0.29) is 11.1 Å². The van der Waals surface area contributed by atoms with Gasteiger partial charge in [-0.15, -0.1) is 5.10 Å². The zero-order chi connectivity index (χ0) is 14.6. The highest BCUT2D eigenvalue weighted by molar-refractivity contribution is 8.01. The maximum absolute atomic E-state index is 12.1. The van der Waals surface area contributed by atoms with Crippen molar-refractivity contribution in [2.45, 2.75) is 25.4 Å². The second-order valence-corrected chi connectivity index (χ2v) is 8.29. The molecule has 1 aromatic heterocycles. The van der Waals surface area contributed by atoms with Crippen LogP contribution in [0.25, 0.3) is 0 Å². The molecule has 1 atom stereocenters. The third-order valence-corrected chi connectivity index (χ3v) is 6.75. The summed E-state index contributed by atoms with van der Waals surface area (Å²) in [6.45, 7) is 4.17. The van der Waals surface area contributed by atoms with Crippen molar-refractivity contribution in [3.8, 4) is 0 Å². The molecule has 2 N–H and O–H groups in total. The number of hydrogen-bond donors (Lipinski definition) is 1. The van der Waals surface area contributed by atoms with E-state index in [9.17, 15) is 8.42 Å². The van der Waals surface area contributed by atoms with Crippen LogP contribution in [-0.2, 0) is 22.9 Å². The Bertz CT molecular complexity index is 531. The maximum Gasteiger partial charge on any atom is 0.166 e. The second-order valence-electron chi connectivity index (χ2n) is 4.69. The normalized spacial score (nSPS) is 21.2. The first-order valence-corrected chi connectivity index (χ1v) is 9.56. The van der Waals surface area contributed by atoms with Gasteiger partial charge < -0.3 is 5.73 Å². The van der Waals surface area contributed by atoms with Crippen LogP contribution in [0.4, 0.5) is 0 Å². The summed E-state index contributed by atoms with van der Waals surface area (Å²) < 4.78 is 26.0. The minimum atomic E-state index is -3.03. The van der Waals surface area contributed by atoms with Crippen LogP contribution in [0.1, 0.15) is 12.6 Å². The molecule has 0 amide bonds. The molecule has 7 nitrogen and oxygen atoms in total. The van der Waals surface area contributed by atoms with Gasteiger partial charge in [-0.2, -0.15) is 11.8 Å². The Morgan fingerprint density at radius 3 is 2.95 bits per heavy atom. The van der Waals surface area contributed by atoms with E-state index < -0.39 is 9.84 Å². The first-order valence-electron chi connectivity index (χ1n) is 6.69. The molecule has 114 valence electrons. The smallest absolute Gasteiger partial charge is 0.166 e. The van der Waals surface area contributed by atoms with E-state index in [1.165, 1.54) is 0 Å². The van der Waals surface area contributed by atoms with Crippen LogP contribution in [0, 0.1) is 0 Å². The highest BCUT2D eigenvalue weighted by Crippen LogP contribution is 2.21. The summed E-state index contributed by atoms with van der Waals surface area (Å²) >= 11 is 1.71. The van der Waals surface area contributed by atoms with Gasteiger partial charge in [0.05, 0.1) is 12.2 Å². The number of sulfone groups is 1. The molecule has 9 heteroatoms. The maximum atomic E-state index is 12.1. The summed E-state index contributed by atoms with van der Waals surface area (Å²) in [6, 6.07) is 0. The van der Waals surface area contributed by atoms with Crippen LogP contribution in [0.15, 0.2) is 6.20 Å². The Morgan fingerprint density at radius 2 is 2.30 bits per heavy atom. The first kappa shape index (κ1) is 15.7. The number of nitrogens with two attached hydrogens (primary N) is 1. The Balaban J connectivity index is 1.98. The predicted octanol–water partition coefficient (Wildman–Crippen LogP) is -0.454. The lowest BCUT2D eigenvalue weighted by Crippen LogP contribution is -2.48. The number of rotatable bonds is 6. The molecule has 0 bridgehead atoms. The van der Waals surface area contributed by atoms with E-state index in [1.807, 2.05) is 11.1 Å². The average Bonchev–Trinajstić information content (AvgIpc) is 2.93. The number of nitrogens with zero attached hydrogens (tertiary/aromatic N) is 4. The van der Waals surface area contributed by atoms with Gasteiger partial charge in [0.25, 0.3) is 0 Å². The largest absolute Gasteiger partial charge is 0.325 e. The Kier molecular flexibility index (Phi) is 5.42. The lowest BCUT2D eigenvalue weighted by atomic mass is 10.4. The van der Waals surface area contributed by atoms with Crippen molar-refractivity contribution in [3.05, 3.63) is 11.9 Å². The van der Waals surface area contributed by atoms with Crippen molar-refractivity contribution in [2.75, 3.05) is 30.3 Å². The zero-order valence-corrected chi connectivity index (χ0v) is 13.2. The van der Waals surface area contributed by atoms with Gasteiger partial charge in [0.1, 0.15) is 5.37 Å². The van der Waals surface area contributed by atoms with Crippen LogP contribution < -0.4 is 5.73 Å². The van der Waals surface area contributed by atoms with Gasteiger partial charge in [-0.05, 0) is 0 Å². The van der Waals surface area contributed by atoms with E-state index in [0.717, 1.165) is 18.0 Å².